The van der Waals surface area contributed by atoms with E-state index in [1.165, 1.54) is 12.1 Å². The Balaban J connectivity index is 0. The number of halogens is 4. The monoisotopic (exact) mass is 445 g/mol. The SMILES string of the molecule is CCN(CC)CCCN[C@@H]1CCN(Cc2ccc(F)cc2)C[C@H]1O.Cl.Cl.Cl. The molecule has 1 aromatic carbocycles. The normalized spacial score (nSPS) is 19.7. The van der Waals surface area contributed by atoms with Crippen LogP contribution in [0, 0.1) is 5.82 Å². The lowest BCUT2D eigenvalue weighted by Crippen LogP contribution is -2.52. The van der Waals surface area contributed by atoms with Gasteiger partial charge in [0.25, 0.3) is 0 Å². The van der Waals surface area contributed by atoms with Crippen molar-refractivity contribution in [3.63, 3.8) is 0 Å². The fourth-order valence-electron chi connectivity index (χ4n) is 3.36. The molecule has 4 nitrogen and oxygen atoms in total. The van der Waals surface area contributed by atoms with Crippen LogP contribution in [0.1, 0.15) is 32.3 Å². The molecule has 0 spiro atoms. The molecule has 1 aromatic rings. The van der Waals surface area contributed by atoms with E-state index in [0.717, 1.165) is 57.7 Å². The molecule has 8 heteroatoms. The standard InChI is InChI=1S/C19H32FN3O.3ClH/c1-3-22(4-2)12-5-11-21-18-10-13-23(15-19(18)24)14-16-6-8-17(20)9-7-16;;;/h6-9,18-19,21,24H,3-5,10-15H2,1-2H3;3*1H/t18-,19-;;;/m1.../s1. The fraction of sp³-hybridized carbons (Fsp3) is 0.684. The van der Waals surface area contributed by atoms with Crippen molar-refractivity contribution in [2.45, 2.75) is 45.4 Å². The highest BCUT2D eigenvalue weighted by Crippen LogP contribution is 2.15. The number of aliphatic hydroxyl groups excluding tert-OH is 1. The van der Waals surface area contributed by atoms with E-state index in [0.29, 0.717) is 6.54 Å². The maximum atomic E-state index is 13.0. The van der Waals surface area contributed by atoms with Crippen molar-refractivity contribution in [3.05, 3.63) is 35.6 Å². The zero-order valence-corrected chi connectivity index (χ0v) is 18.7. The summed E-state index contributed by atoms with van der Waals surface area (Å²) in [6.45, 7) is 11.0. The minimum atomic E-state index is -0.340. The summed E-state index contributed by atoms with van der Waals surface area (Å²) >= 11 is 0. The predicted molar refractivity (Wildman–Crippen MR) is 118 cm³/mol. The third-order valence-corrected chi connectivity index (χ3v) is 4.94. The van der Waals surface area contributed by atoms with Crippen molar-refractivity contribution in [1.29, 1.82) is 0 Å². The minimum absolute atomic E-state index is 0. The molecule has 2 N–H and O–H groups in total. The fourth-order valence-corrected chi connectivity index (χ4v) is 3.36. The van der Waals surface area contributed by atoms with Gasteiger partial charge in [-0.1, -0.05) is 26.0 Å². The van der Waals surface area contributed by atoms with Crippen LogP contribution in [-0.4, -0.2) is 66.3 Å². The van der Waals surface area contributed by atoms with Crippen molar-refractivity contribution in [3.8, 4) is 0 Å². The quantitative estimate of drug-likeness (QED) is 0.571. The van der Waals surface area contributed by atoms with Gasteiger partial charge in [0, 0.05) is 25.7 Å². The van der Waals surface area contributed by atoms with Crippen LogP contribution in [0.25, 0.3) is 0 Å². The molecule has 1 fully saturated rings. The number of likely N-dealkylation sites (tertiary alicyclic amines) is 1. The van der Waals surface area contributed by atoms with Gasteiger partial charge in [-0.2, -0.15) is 0 Å². The molecule has 1 aliphatic heterocycles. The molecule has 27 heavy (non-hydrogen) atoms. The summed E-state index contributed by atoms with van der Waals surface area (Å²) in [5.74, 6) is -0.202. The van der Waals surface area contributed by atoms with Gasteiger partial charge in [0.05, 0.1) is 6.10 Å². The van der Waals surface area contributed by atoms with Crippen LogP contribution in [-0.2, 0) is 6.54 Å². The average Bonchev–Trinajstić information content (AvgIpc) is 2.59. The number of hydrogen-bond acceptors (Lipinski definition) is 4. The number of nitrogens with one attached hydrogen (secondary N) is 1. The summed E-state index contributed by atoms with van der Waals surface area (Å²) < 4.78 is 13.0. The summed E-state index contributed by atoms with van der Waals surface area (Å²) in [7, 11) is 0. The largest absolute Gasteiger partial charge is 0.390 e. The Morgan fingerprint density at radius 3 is 2.33 bits per heavy atom. The molecule has 1 heterocycles. The number of benzene rings is 1. The Bertz CT molecular complexity index is 478. The van der Waals surface area contributed by atoms with E-state index in [9.17, 15) is 9.50 Å². The molecule has 1 saturated heterocycles. The number of aliphatic hydroxyl groups is 1. The first-order valence-electron chi connectivity index (χ1n) is 9.23. The summed E-state index contributed by atoms with van der Waals surface area (Å²) in [5.41, 5.74) is 1.09. The molecular weight excluding hydrogens is 412 g/mol. The van der Waals surface area contributed by atoms with Crippen molar-refractivity contribution >= 4 is 37.2 Å². The molecule has 0 aromatic heterocycles. The van der Waals surface area contributed by atoms with Gasteiger partial charge in [0.15, 0.2) is 0 Å². The molecule has 2 rings (SSSR count). The summed E-state index contributed by atoms with van der Waals surface area (Å²) in [6.07, 6.45) is 1.73. The van der Waals surface area contributed by atoms with Gasteiger partial charge in [-0.25, -0.2) is 4.39 Å². The average molecular weight is 447 g/mol. The van der Waals surface area contributed by atoms with Crippen LogP contribution >= 0.6 is 37.2 Å². The maximum Gasteiger partial charge on any atom is 0.123 e. The van der Waals surface area contributed by atoms with E-state index in [1.807, 2.05) is 12.1 Å². The summed E-state index contributed by atoms with van der Waals surface area (Å²) in [4.78, 5) is 4.66. The number of β-amino-alcohol motifs (C(OH)–C–C–N with tert-alkyl or cyclic N) is 1. The maximum absolute atomic E-state index is 13.0. The first-order chi connectivity index (χ1) is 11.6. The number of piperidine rings is 1. The van der Waals surface area contributed by atoms with Gasteiger partial charge in [0.2, 0.25) is 0 Å². The number of rotatable bonds is 9. The van der Waals surface area contributed by atoms with Crippen LogP contribution in [0.2, 0.25) is 0 Å². The zero-order valence-electron chi connectivity index (χ0n) is 16.3. The van der Waals surface area contributed by atoms with E-state index in [2.05, 4.69) is 29.0 Å². The van der Waals surface area contributed by atoms with Crippen LogP contribution in [0.5, 0.6) is 0 Å². The van der Waals surface area contributed by atoms with Gasteiger partial charge in [-0.15, -0.1) is 37.2 Å². The van der Waals surface area contributed by atoms with Crippen molar-refractivity contribution < 1.29 is 9.50 Å². The predicted octanol–water partition coefficient (Wildman–Crippen LogP) is 3.35. The first kappa shape index (κ1) is 29.1. The second-order valence-corrected chi connectivity index (χ2v) is 6.66. The highest BCUT2D eigenvalue weighted by Gasteiger charge is 2.27. The van der Waals surface area contributed by atoms with E-state index < -0.39 is 0 Å². The Labute approximate surface area is 182 Å². The van der Waals surface area contributed by atoms with Crippen molar-refractivity contribution in [2.24, 2.45) is 0 Å². The van der Waals surface area contributed by atoms with Crippen LogP contribution in [0.15, 0.2) is 24.3 Å². The molecular formula is C19H35Cl3FN3O. The Hall–Kier alpha value is -0.140. The lowest BCUT2D eigenvalue weighted by Gasteiger charge is -2.36. The lowest BCUT2D eigenvalue weighted by atomic mass is 10.0. The topological polar surface area (TPSA) is 38.7 Å². The van der Waals surface area contributed by atoms with Crippen LogP contribution < -0.4 is 5.32 Å². The Morgan fingerprint density at radius 1 is 1.15 bits per heavy atom. The molecule has 0 amide bonds. The van der Waals surface area contributed by atoms with Gasteiger partial charge < -0.3 is 15.3 Å². The van der Waals surface area contributed by atoms with E-state index in [-0.39, 0.29) is 55.2 Å². The Kier molecular flexibility index (Phi) is 16.9. The number of nitrogens with zero attached hydrogens (tertiary/aromatic N) is 2. The Morgan fingerprint density at radius 2 is 1.78 bits per heavy atom. The highest BCUT2D eigenvalue weighted by atomic mass is 35.5. The molecule has 1 aliphatic rings. The van der Waals surface area contributed by atoms with Gasteiger partial charge >= 0.3 is 0 Å². The smallest absolute Gasteiger partial charge is 0.123 e. The van der Waals surface area contributed by atoms with Crippen molar-refractivity contribution in [1.82, 2.24) is 15.1 Å². The number of hydrogen-bond donors (Lipinski definition) is 2. The second-order valence-electron chi connectivity index (χ2n) is 6.66. The zero-order chi connectivity index (χ0) is 17.4. The summed E-state index contributed by atoms with van der Waals surface area (Å²) in [5, 5.41) is 13.9. The molecule has 0 radical (unpaired) electrons. The van der Waals surface area contributed by atoms with E-state index in [1.54, 1.807) is 0 Å². The lowest BCUT2D eigenvalue weighted by molar-refractivity contribution is 0.0369. The first-order valence-corrected chi connectivity index (χ1v) is 9.23. The third kappa shape index (κ3) is 10.3. The minimum Gasteiger partial charge on any atom is -0.390 e. The third-order valence-electron chi connectivity index (χ3n) is 4.94. The second kappa shape index (κ2) is 15.7. The molecule has 0 bridgehead atoms. The molecule has 0 unspecified atom stereocenters. The molecule has 160 valence electrons. The molecule has 2 atom stereocenters. The summed E-state index contributed by atoms with van der Waals surface area (Å²) in [6, 6.07) is 6.82. The van der Waals surface area contributed by atoms with E-state index in [4.69, 9.17) is 0 Å². The van der Waals surface area contributed by atoms with Gasteiger partial charge in [0.1, 0.15) is 5.82 Å². The van der Waals surface area contributed by atoms with Crippen LogP contribution in [0.3, 0.4) is 0 Å². The van der Waals surface area contributed by atoms with Crippen molar-refractivity contribution in [2.75, 3.05) is 39.3 Å². The van der Waals surface area contributed by atoms with Gasteiger partial charge in [-0.05, 0) is 56.7 Å². The molecule has 0 aliphatic carbocycles. The van der Waals surface area contributed by atoms with Crippen LogP contribution in [0.4, 0.5) is 4.39 Å². The highest BCUT2D eigenvalue weighted by molar-refractivity contribution is 5.86. The van der Waals surface area contributed by atoms with Gasteiger partial charge in [-0.3, -0.25) is 4.90 Å². The molecule has 0 saturated carbocycles. The van der Waals surface area contributed by atoms with E-state index >= 15 is 0 Å².